The minimum Gasteiger partial charge on any atom is -0.536 e. The van der Waals surface area contributed by atoms with Crippen LogP contribution in [0, 0.1) is 6.92 Å². The summed E-state index contributed by atoms with van der Waals surface area (Å²) in [5.74, 6) is -1.69. The average molecular weight is 488 g/mol. The number of ketones is 1. The van der Waals surface area contributed by atoms with Crippen LogP contribution in [0.4, 0.5) is 9.59 Å². The van der Waals surface area contributed by atoms with Crippen LogP contribution in [0.5, 0.6) is 17.2 Å². The maximum atomic E-state index is 13.4. The highest BCUT2D eigenvalue weighted by Gasteiger charge is 2.39. The van der Waals surface area contributed by atoms with Crippen LogP contribution in [-0.2, 0) is 11.2 Å². The van der Waals surface area contributed by atoms with Gasteiger partial charge >= 0.3 is 19.2 Å². The number of carbonyl (C=O) groups is 3. The Kier molecular flexibility index (Phi) is 6.58. The first-order valence-corrected chi connectivity index (χ1v) is 11.1. The van der Waals surface area contributed by atoms with Gasteiger partial charge in [0.1, 0.15) is 11.8 Å². The van der Waals surface area contributed by atoms with Gasteiger partial charge in [0.25, 0.3) is 0 Å². The number of rotatable bonds is 5. The fourth-order valence-electron chi connectivity index (χ4n) is 4.18. The predicted octanol–water partition coefficient (Wildman–Crippen LogP) is 2.28. The van der Waals surface area contributed by atoms with Crippen molar-refractivity contribution in [3.8, 4) is 17.2 Å². The number of Topliss-reactive ketones (excluding diaryl/α,β-unsaturated/α-hetero) is 1. The molecule has 1 unspecified atom stereocenters. The van der Waals surface area contributed by atoms with Gasteiger partial charge < -0.3 is 30.5 Å². The molecule has 2 aromatic carbocycles. The second-order valence-electron chi connectivity index (χ2n) is 8.31. The van der Waals surface area contributed by atoms with Gasteiger partial charge in [0.15, 0.2) is 17.3 Å². The van der Waals surface area contributed by atoms with E-state index in [0.29, 0.717) is 12.2 Å². The number of amides is 4. The smallest absolute Gasteiger partial charge is 0.526 e. The molecule has 0 radical (unpaired) electrons. The van der Waals surface area contributed by atoms with Gasteiger partial charge in [0.2, 0.25) is 0 Å². The van der Waals surface area contributed by atoms with Crippen LogP contribution >= 0.6 is 11.6 Å². The lowest BCUT2D eigenvalue weighted by molar-refractivity contribution is -0.121. The number of fused-ring (bicyclic) bond motifs is 1. The molecule has 2 heterocycles. The molecule has 1 fully saturated rings. The van der Waals surface area contributed by atoms with E-state index in [0.717, 1.165) is 22.1 Å². The van der Waals surface area contributed by atoms with E-state index >= 15 is 0 Å². The van der Waals surface area contributed by atoms with E-state index in [2.05, 4.69) is 10.6 Å². The zero-order valence-electron chi connectivity index (χ0n) is 18.2. The van der Waals surface area contributed by atoms with Crippen LogP contribution < -0.4 is 15.3 Å². The largest absolute Gasteiger partial charge is 0.536 e. The zero-order valence-corrected chi connectivity index (χ0v) is 19.0. The quantitative estimate of drug-likeness (QED) is 0.321. The number of imide groups is 1. The third kappa shape index (κ3) is 4.49. The minimum atomic E-state index is -1.36. The Balaban J connectivity index is 1.60. The van der Waals surface area contributed by atoms with Gasteiger partial charge in [-0.25, -0.2) is 14.5 Å². The van der Waals surface area contributed by atoms with Crippen molar-refractivity contribution in [1.82, 2.24) is 15.5 Å². The van der Waals surface area contributed by atoms with E-state index in [4.69, 9.17) is 16.3 Å². The number of urea groups is 2. The maximum absolute atomic E-state index is 13.4. The molecule has 0 saturated carbocycles. The van der Waals surface area contributed by atoms with E-state index in [1.807, 2.05) is 25.1 Å². The number of hydrogen-bond donors (Lipinski definition) is 5. The van der Waals surface area contributed by atoms with Crippen LogP contribution in [-0.4, -0.2) is 58.2 Å². The van der Waals surface area contributed by atoms with E-state index in [9.17, 15) is 29.6 Å². The number of halogens is 1. The number of phenolic OH excluding ortho intramolecular Hbond substituents is 2. The third-order valence-electron chi connectivity index (χ3n) is 6.01. The first-order chi connectivity index (χ1) is 16.2. The lowest BCUT2D eigenvalue weighted by Crippen LogP contribution is -2.46. The normalized spacial score (nSPS) is 18.1. The van der Waals surface area contributed by atoms with Crippen LogP contribution in [0.3, 0.4) is 0 Å². The summed E-state index contributed by atoms with van der Waals surface area (Å²) >= 11 is 6.18. The molecule has 0 aliphatic carbocycles. The van der Waals surface area contributed by atoms with Crippen molar-refractivity contribution >= 4 is 36.6 Å². The summed E-state index contributed by atoms with van der Waals surface area (Å²) in [6.45, 7) is 2.25. The molecule has 2 aliphatic heterocycles. The third-order valence-corrected chi connectivity index (χ3v) is 6.41. The number of benzene rings is 2. The molecule has 5 N–H and O–H groups in total. The molecule has 2 aromatic rings. The standard InChI is InChI=1S/C22H23BClN3O7/c1-11-3-2-4-12-9-13(23(33)34-20(11)12)10-16(29)18(14-5-6-15(28)19(30)17(14)24)26-22(32)27-8-7-25-21(27)31/h2-6,13,18,28,30,33H,7-10H2,1H3,(H,25,31)(H,26,32)/t13-,18?/m1/s1. The number of nitrogens with zero attached hydrogens (tertiary/aromatic N) is 1. The van der Waals surface area contributed by atoms with Gasteiger partial charge in [-0.1, -0.05) is 35.9 Å². The van der Waals surface area contributed by atoms with E-state index in [1.54, 1.807) is 0 Å². The van der Waals surface area contributed by atoms with E-state index in [1.165, 1.54) is 6.07 Å². The van der Waals surface area contributed by atoms with Crippen molar-refractivity contribution in [2.75, 3.05) is 13.1 Å². The average Bonchev–Trinajstić information content (AvgIpc) is 3.23. The molecule has 2 aliphatic rings. The van der Waals surface area contributed by atoms with Crippen molar-refractivity contribution in [1.29, 1.82) is 0 Å². The van der Waals surface area contributed by atoms with Crippen molar-refractivity contribution in [3.63, 3.8) is 0 Å². The summed E-state index contributed by atoms with van der Waals surface area (Å²) in [7, 11) is -1.25. The summed E-state index contributed by atoms with van der Waals surface area (Å²) in [5, 5.41) is 35.0. The molecule has 4 rings (SSSR count). The summed E-state index contributed by atoms with van der Waals surface area (Å²) in [6.07, 6.45) is 0.178. The van der Waals surface area contributed by atoms with Crippen LogP contribution in [0.15, 0.2) is 30.3 Å². The molecular weight excluding hydrogens is 465 g/mol. The number of hydrogen-bond acceptors (Lipinski definition) is 7. The van der Waals surface area contributed by atoms with Crippen molar-refractivity contribution in [3.05, 3.63) is 52.0 Å². The number of phenols is 2. The second kappa shape index (κ2) is 9.44. The lowest BCUT2D eigenvalue weighted by Gasteiger charge is -2.29. The van der Waals surface area contributed by atoms with Gasteiger partial charge in [0.05, 0.1) is 5.02 Å². The summed E-state index contributed by atoms with van der Waals surface area (Å²) in [6, 6.07) is 5.23. The molecule has 178 valence electrons. The highest BCUT2D eigenvalue weighted by Crippen LogP contribution is 2.40. The Bertz CT molecular complexity index is 1160. The lowest BCUT2D eigenvalue weighted by atomic mass is 9.64. The fraction of sp³-hybridized carbons (Fsp3) is 0.318. The Morgan fingerprint density at radius 3 is 2.79 bits per heavy atom. The SMILES string of the molecule is Cc1cccc2c1OB(O)[C@@H](CC(=O)C(NC(=O)N1CCNC1=O)c1ccc(O)c(O)c1Cl)C2. The molecule has 4 amide bonds. The number of aryl methyl sites for hydroxylation is 1. The molecule has 0 bridgehead atoms. The van der Waals surface area contributed by atoms with Gasteiger partial charge in [-0.05, 0) is 30.5 Å². The Morgan fingerprint density at radius 1 is 1.32 bits per heavy atom. The van der Waals surface area contributed by atoms with Crippen LogP contribution in [0.25, 0.3) is 0 Å². The molecule has 34 heavy (non-hydrogen) atoms. The highest BCUT2D eigenvalue weighted by atomic mass is 35.5. The van der Waals surface area contributed by atoms with Gasteiger partial charge in [0, 0.05) is 30.9 Å². The Morgan fingerprint density at radius 2 is 2.09 bits per heavy atom. The molecule has 0 aromatic heterocycles. The monoisotopic (exact) mass is 487 g/mol. The van der Waals surface area contributed by atoms with Crippen molar-refractivity contribution in [2.24, 2.45) is 0 Å². The minimum absolute atomic E-state index is 0.0392. The molecule has 10 nitrogen and oxygen atoms in total. The van der Waals surface area contributed by atoms with Gasteiger partial charge in [-0.3, -0.25) is 4.79 Å². The summed E-state index contributed by atoms with van der Waals surface area (Å²) in [4.78, 5) is 39.0. The number of nitrogens with one attached hydrogen (secondary N) is 2. The maximum Gasteiger partial charge on any atom is 0.526 e. The predicted molar refractivity (Wildman–Crippen MR) is 123 cm³/mol. The van der Waals surface area contributed by atoms with Crippen molar-refractivity contribution in [2.45, 2.75) is 31.6 Å². The van der Waals surface area contributed by atoms with Crippen LogP contribution in [0.1, 0.15) is 29.2 Å². The fourth-order valence-corrected chi connectivity index (χ4v) is 4.45. The summed E-state index contributed by atoms with van der Waals surface area (Å²) < 4.78 is 5.65. The van der Waals surface area contributed by atoms with Gasteiger partial charge in [-0.2, -0.15) is 0 Å². The summed E-state index contributed by atoms with van der Waals surface area (Å²) in [5.41, 5.74) is 1.75. The topological polar surface area (TPSA) is 148 Å². The van der Waals surface area contributed by atoms with Crippen LogP contribution in [0.2, 0.25) is 10.8 Å². The number of carbonyl (C=O) groups excluding carboxylic acids is 3. The first kappa shape index (κ1) is 23.7. The molecule has 12 heteroatoms. The van der Waals surface area contributed by atoms with Gasteiger partial charge in [-0.15, -0.1) is 0 Å². The molecular formula is C22H23BClN3O7. The van der Waals surface area contributed by atoms with Crippen molar-refractivity contribution < 1.29 is 34.3 Å². The first-order valence-electron chi connectivity index (χ1n) is 10.7. The highest BCUT2D eigenvalue weighted by molar-refractivity contribution is 6.46. The van der Waals surface area contributed by atoms with E-state index < -0.39 is 48.3 Å². The Hall–Kier alpha value is -3.44. The molecule has 1 saturated heterocycles. The number of para-hydroxylation sites is 1. The zero-order chi connectivity index (χ0) is 24.6. The second-order valence-corrected chi connectivity index (χ2v) is 8.69. The molecule has 0 spiro atoms. The molecule has 2 atom stereocenters. The van der Waals surface area contributed by atoms with E-state index in [-0.39, 0.29) is 30.1 Å². The number of aromatic hydroxyl groups is 2. The Labute approximate surface area is 200 Å².